The van der Waals surface area contributed by atoms with Crippen LogP contribution in [-0.2, 0) is 6.54 Å². The summed E-state index contributed by atoms with van der Waals surface area (Å²) in [6, 6.07) is 9.91. The van der Waals surface area contributed by atoms with Gasteiger partial charge >= 0.3 is 0 Å². The molecule has 2 N–H and O–H groups in total. The van der Waals surface area contributed by atoms with Crippen LogP contribution in [0.1, 0.15) is 19.4 Å². The number of aromatic nitrogens is 1. The van der Waals surface area contributed by atoms with Crippen LogP contribution >= 0.6 is 0 Å². The standard InChI is InChI=1S/C19H25FN4O2/c1-4-25-18-15(7-6-10-22-18)13-24-19(21-3)23-12-14(2)26-17-9-5-8-16(20)11-17/h5-11,14H,4,12-13H2,1-3H3,(H2,21,23,24). The van der Waals surface area contributed by atoms with Crippen molar-refractivity contribution in [1.82, 2.24) is 15.6 Å². The lowest BCUT2D eigenvalue weighted by Gasteiger charge is -2.18. The fourth-order valence-electron chi connectivity index (χ4n) is 2.28. The molecular formula is C19H25FN4O2. The maximum absolute atomic E-state index is 13.2. The minimum Gasteiger partial charge on any atom is -0.489 e. The molecule has 0 amide bonds. The van der Waals surface area contributed by atoms with E-state index >= 15 is 0 Å². The number of halogens is 1. The highest BCUT2D eigenvalue weighted by molar-refractivity contribution is 5.79. The van der Waals surface area contributed by atoms with E-state index in [-0.39, 0.29) is 11.9 Å². The van der Waals surface area contributed by atoms with Crippen molar-refractivity contribution in [2.45, 2.75) is 26.5 Å². The summed E-state index contributed by atoms with van der Waals surface area (Å²) in [6.07, 6.45) is 1.54. The highest BCUT2D eigenvalue weighted by Gasteiger charge is 2.08. The average molecular weight is 360 g/mol. The summed E-state index contributed by atoms with van der Waals surface area (Å²) in [7, 11) is 1.69. The molecule has 2 aromatic rings. The molecule has 0 fully saturated rings. The predicted octanol–water partition coefficient (Wildman–Crippen LogP) is 2.75. The lowest BCUT2D eigenvalue weighted by molar-refractivity contribution is 0.223. The first kappa shape index (κ1) is 19.5. The second-order valence-corrected chi connectivity index (χ2v) is 5.59. The van der Waals surface area contributed by atoms with Crippen molar-refractivity contribution in [1.29, 1.82) is 0 Å². The highest BCUT2D eigenvalue weighted by Crippen LogP contribution is 2.14. The van der Waals surface area contributed by atoms with Gasteiger partial charge in [-0.2, -0.15) is 0 Å². The van der Waals surface area contributed by atoms with E-state index in [0.717, 1.165) is 5.56 Å². The van der Waals surface area contributed by atoms with Crippen LogP contribution in [0.4, 0.5) is 4.39 Å². The first-order valence-electron chi connectivity index (χ1n) is 8.55. The molecule has 1 aromatic carbocycles. The second-order valence-electron chi connectivity index (χ2n) is 5.59. The first-order valence-corrected chi connectivity index (χ1v) is 8.55. The van der Waals surface area contributed by atoms with Crippen molar-refractivity contribution in [3.8, 4) is 11.6 Å². The zero-order valence-electron chi connectivity index (χ0n) is 15.3. The van der Waals surface area contributed by atoms with Gasteiger partial charge in [0.25, 0.3) is 0 Å². The van der Waals surface area contributed by atoms with E-state index in [1.54, 1.807) is 25.4 Å². The third kappa shape index (κ3) is 6.23. The van der Waals surface area contributed by atoms with Crippen molar-refractivity contribution >= 4 is 5.96 Å². The monoisotopic (exact) mass is 360 g/mol. The molecule has 140 valence electrons. The molecule has 0 radical (unpaired) electrons. The molecule has 0 saturated carbocycles. The van der Waals surface area contributed by atoms with Crippen molar-refractivity contribution in [2.24, 2.45) is 4.99 Å². The molecule has 0 saturated heterocycles. The van der Waals surface area contributed by atoms with Gasteiger partial charge in [0, 0.05) is 31.4 Å². The van der Waals surface area contributed by atoms with Crippen molar-refractivity contribution in [2.75, 3.05) is 20.2 Å². The van der Waals surface area contributed by atoms with E-state index in [1.807, 2.05) is 26.0 Å². The van der Waals surface area contributed by atoms with Gasteiger partial charge < -0.3 is 20.1 Å². The van der Waals surface area contributed by atoms with Crippen LogP contribution in [0.3, 0.4) is 0 Å². The molecule has 1 aromatic heterocycles. The van der Waals surface area contributed by atoms with E-state index in [1.165, 1.54) is 12.1 Å². The molecule has 1 heterocycles. The van der Waals surface area contributed by atoms with E-state index < -0.39 is 0 Å². The molecule has 0 spiro atoms. The Morgan fingerprint density at radius 3 is 2.85 bits per heavy atom. The van der Waals surface area contributed by atoms with Gasteiger partial charge in [-0.3, -0.25) is 4.99 Å². The quantitative estimate of drug-likeness (QED) is 0.560. The van der Waals surface area contributed by atoms with Crippen molar-refractivity contribution in [3.63, 3.8) is 0 Å². The number of rotatable bonds is 8. The Hall–Kier alpha value is -2.83. The maximum atomic E-state index is 13.2. The number of benzene rings is 1. The van der Waals surface area contributed by atoms with Crippen molar-refractivity contribution < 1.29 is 13.9 Å². The van der Waals surface area contributed by atoms with E-state index in [4.69, 9.17) is 9.47 Å². The number of hydrogen-bond acceptors (Lipinski definition) is 4. The van der Waals surface area contributed by atoms with Gasteiger partial charge in [-0.1, -0.05) is 12.1 Å². The molecular weight excluding hydrogens is 335 g/mol. The third-order valence-electron chi connectivity index (χ3n) is 3.49. The van der Waals surface area contributed by atoms with Gasteiger partial charge in [0.1, 0.15) is 17.7 Å². The van der Waals surface area contributed by atoms with Crippen molar-refractivity contribution in [3.05, 3.63) is 54.0 Å². The summed E-state index contributed by atoms with van der Waals surface area (Å²) in [5.41, 5.74) is 0.946. The van der Waals surface area contributed by atoms with Crippen LogP contribution in [0.5, 0.6) is 11.6 Å². The van der Waals surface area contributed by atoms with Crippen LogP contribution in [0.2, 0.25) is 0 Å². The minimum absolute atomic E-state index is 0.160. The summed E-state index contributed by atoms with van der Waals surface area (Å²) in [6.45, 7) is 5.43. The Morgan fingerprint density at radius 2 is 2.12 bits per heavy atom. The fraction of sp³-hybridized carbons (Fsp3) is 0.368. The lowest BCUT2D eigenvalue weighted by Crippen LogP contribution is -2.41. The SMILES string of the molecule is CCOc1ncccc1CNC(=NC)NCC(C)Oc1cccc(F)c1. The van der Waals surface area contributed by atoms with Crippen LogP contribution in [0.25, 0.3) is 0 Å². The van der Waals surface area contributed by atoms with E-state index in [0.29, 0.717) is 37.3 Å². The molecule has 0 aliphatic rings. The minimum atomic E-state index is -0.318. The van der Waals surface area contributed by atoms with E-state index in [9.17, 15) is 4.39 Å². The number of guanidine groups is 1. The average Bonchev–Trinajstić information content (AvgIpc) is 2.63. The first-order chi connectivity index (χ1) is 12.6. The smallest absolute Gasteiger partial charge is 0.218 e. The maximum Gasteiger partial charge on any atom is 0.218 e. The molecule has 26 heavy (non-hydrogen) atoms. The van der Waals surface area contributed by atoms with E-state index in [2.05, 4.69) is 20.6 Å². The van der Waals surface area contributed by atoms with Crippen LogP contribution in [0, 0.1) is 5.82 Å². The second kappa shape index (κ2) is 10.2. The van der Waals surface area contributed by atoms with Gasteiger partial charge in [0.15, 0.2) is 5.96 Å². The topological polar surface area (TPSA) is 67.8 Å². The molecule has 1 unspecified atom stereocenters. The van der Waals surface area contributed by atoms with Gasteiger partial charge in [0.05, 0.1) is 13.2 Å². The van der Waals surface area contributed by atoms with Gasteiger partial charge in [0.2, 0.25) is 5.88 Å². The molecule has 0 aliphatic carbocycles. The normalized spacial score (nSPS) is 12.4. The van der Waals surface area contributed by atoms with Gasteiger partial charge in [-0.15, -0.1) is 0 Å². The zero-order chi connectivity index (χ0) is 18.8. The Balaban J connectivity index is 1.82. The van der Waals surface area contributed by atoms with Gasteiger partial charge in [-0.25, -0.2) is 9.37 Å². The highest BCUT2D eigenvalue weighted by atomic mass is 19.1. The Bertz CT molecular complexity index is 724. The van der Waals surface area contributed by atoms with Crippen LogP contribution < -0.4 is 20.1 Å². The molecule has 0 aliphatic heterocycles. The predicted molar refractivity (Wildman–Crippen MR) is 100 cm³/mol. The summed E-state index contributed by atoms with van der Waals surface area (Å²) < 4.78 is 24.4. The summed E-state index contributed by atoms with van der Waals surface area (Å²) in [4.78, 5) is 8.42. The summed E-state index contributed by atoms with van der Waals surface area (Å²) in [5, 5.41) is 6.40. The lowest BCUT2D eigenvalue weighted by atomic mass is 10.2. The molecule has 0 bridgehead atoms. The summed E-state index contributed by atoms with van der Waals surface area (Å²) >= 11 is 0. The van der Waals surface area contributed by atoms with Crippen LogP contribution in [0.15, 0.2) is 47.6 Å². The largest absolute Gasteiger partial charge is 0.489 e. The number of nitrogens with one attached hydrogen (secondary N) is 2. The number of nitrogens with zero attached hydrogens (tertiary/aromatic N) is 2. The van der Waals surface area contributed by atoms with Gasteiger partial charge in [-0.05, 0) is 32.0 Å². The Labute approximate surface area is 153 Å². The molecule has 6 nitrogen and oxygen atoms in total. The number of pyridine rings is 1. The molecule has 1 atom stereocenters. The zero-order valence-corrected chi connectivity index (χ0v) is 15.3. The molecule has 2 rings (SSSR count). The Morgan fingerprint density at radius 1 is 1.27 bits per heavy atom. The third-order valence-corrected chi connectivity index (χ3v) is 3.49. The molecule has 7 heteroatoms. The number of aliphatic imine (C=N–C) groups is 1. The summed E-state index contributed by atoms with van der Waals surface area (Å²) in [5.74, 6) is 1.42. The number of hydrogen-bond donors (Lipinski definition) is 2. The Kier molecular flexibility index (Phi) is 7.67. The van der Waals surface area contributed by atoms with Crippen LogP contribution in [-0.4, -0.2) is 37.2 Å². The fourth-order valence-corrected chi connectivity index (χ4v) is 2.28. The number of ether oxygens (including phenoxy) is 2.